The molecule has 0 rings (SSSR count). The predicted octanol–water partition coefficient (Wildman–Crippen LogP) is 0.179. The van der Waals surface area contributed by atoms with Crippen molar-refractivity contribution in [2.45, 2.75) is 44.9 Å². The van der Waals surface area contributed by atoms with E-state index in [2.05, 4.69) is 5.32 Å². The molecule has 0 aliphatic rings. The molecule has 0 aliphatic carbocycles. The highest BCUT2D eigenvalue weighted by molar-refractivity contribution is 7.93. The molecule has 1 atom stereocenters. The molecule has 0 heterocycles. The second-order valence-electron chi connectivity index (χ2n) is 4.94. The molecule has 100 valence electrons. The summed E-state index contributed by atoms with van der Waals surface area (Å²) in [7, 11) is -3.53. The quantitative estimate of drug-likeness (QED) is 0.738. The van der Waals surface area contributed by atoms with E-state index in [9.17, 15) is 18.0 Å². The topological polar surface area (TPSA) is 101 Å². The lowest BCUT2D eigenvalue weighted by Gasteiger charge is -2.19. The first-order chi connectivity index (χ1) is 7.45. The zero-order valence-corrected chi connectivity index (χ0v) is 11.3. The van der Waals surface area contributed by atoms with Gasteiger partial charge in [0, 0.05) is 6.04 Å². The summed E-state index contributed by atoms with van der Waals surface area (Å²) in [5, 5.41) is 10.8. The number of amides is 1. The van der Waals surface area contributed by atoms with Gasteiger partial charge < -0.3 is 10.4 Å². The van der Waals surface area contributed by atoms with Crippen molar-refractivity contribution in [3.63, 3.8) is 0 Å². The third-order valence-electron chi connectivity index (χ3n) is 2.14. The molecule has 0 spiro atoms. The van der Waals surface area contributed by atoms with Crippen LogP contribution in [0.25, 0.3) is 0 Å². The van der Waals surface area contributed by atoms with E-state index < -0.39 is 38.3 Å². The molecule has 0 aliphatic heterocycles. The van der Waals surface area contributed by atoms with E-state index in [1.165, 1.54) is 27.7 Å². The molecule has 0 saturated heterocycles. The summed E-state index contributed by atoms with van der Waals surface area (Å²) < 4.78 is 22.4. The van der Waals surface area contributed by atoms with Gasteiger partial charge in [0.1, 0.15) is 5.75 Å². The van der Waals surface area contributed by atoms with Crippen LogP contribution < -0.4 is 5.32 Å². The van der Waals surface area contributed by atoms with E-state index in [1.54, 1.807) is 0 Å². The Kier molecular flexibility index (Phi) is 5.12. The fourth-order valence-corrected chi connectivity index (χ4v) is 1.88. The minimum atomic E-state index is -3.53. The summed E-state index contributed by atoms with van der Waals surface area (Å²) in [5.74, 6) is -2.34. The lowest BCUT2D eigenvalue weighted by atomic mass is 10.2. The van der Waals surface area contributed by atoms with Crippen molar-refractivity contribution in [2.75, 3.05) is 5.75 Å². The third-order valence-corrected chi connectivity index (χ3v) is 4.65. The van der Waals surface area contributed by atoms with E-state index in [0.29, 0.717) is 0 Å². The van der Waals surface area contributed by atoms with Crippen molar-refractivity contribution in [1.82, 2.24) is 5.32 Å². The molecule has 17 heavy (non-hydrogen) atoms. The SMILES string of the molecule is CC(CC(=O)O)NC(=O)CS(=O)(=O)C(C)(C)C. The molecule has 0 radical (unpaired) electrons. The summed E-state index contributed by atoms with van der Waals surface area (Å²) in [5.41, 5.74) is 0. The van der Waals surface area contributed by atoms with Gasteiger partial charge in [-0.3, -0.25) is 9.59 Å². The summed E-state index contributed by atoms with van der Waals surface area (Å²) >= 11 is 0. The molecule has 0 bridgehead atoms. The molecular weight excluding hydrogens is 246 g/mol. The monoisotopic (exact) mass is 265 g/mol. The standard InChI is InChI=1S/C10H19NO5S/c1-7(5-9(13)14)11-8(12)6-17(15,16)10(2,3)4/h7H,5-6H2,1-4H3,(H,11,12)(H,13,14). The average molecular weight is 265 g/mol. The van der Waals surface area contributed by atoms with Crippen LogP contribution >= 0.6 is 0 Å². The maximum atomic E-state index is 11.7. The van der Waals surface area contributed by atoms with Gasteiger partial charge >= 0.3 is 5.97 Å². The first kappa shape index (κ1) is 15.9. The Morgan fingerprint density at radius 2 is 1.76 bits per heavy atom. The zero-order valence-electron chi connectivity index (χ0n) is 10.5. The second kappa shape index (κ2) is 5.48. The van der Waals surface area contributed by atoms with Crippen LogP contribution in [-0.2, 0) is 19.4 Å². The molecule has 1 unspecified atom stereocenters. The Morgan fingerprint density at radius 3 is 2.12 bits per heavy atom. The fraction of sp³-hybridized carbons (Fsp3) is 0.800. The summed E-state index contributed by atoms with van der Waals surface area (Å²) in [6.07, 6.45) is -0.235. The molecule has 0 aromatic heterocycles. The number of sulfone groups is 1. The highest BCUT2D eigenvalue weighted by Gasteiger charge is 2.31. The minimum Gasteiger partial charge on any atom is -0.481 e. The fourth-order valence-electron chi connectivity index (χ4n) is 1.02. The van der Waals surface area contributed by atoms with Gasteiger partial charge in [-0.1, -0.05) is 0 Å². The molecule has 6 nitrogen and oxygen atoms in total. The number of carbonyl (C=O) groups excluding carboxylic acids is 1. The van der Waals surface area contributed by atoms with Gasteiger partial charge in [0.25, 0.3) is 0 Å². The van der Waals surface area contributed by atoms with Crippen molar-refractivity contribution >= 4 is 21.7 Å². The van der Waals surface area contributed by atoms with Gasteiger partial charge in [0.2, 0.25) is 5.91 Å². The number of rotatable bonds is 5. The van der Waals surface area contributed by atoms with Crippen molar-refractivity contribution in [3.8, 4) is 0 Å². The van der Waals surface area contributed by atoms with Gasteiger partial charge in [0.05, 0.1) is 11.2 Å². The van der Waals surface area contributed by atoms with E-state index >= 15 is 0 Å². The number of hydrogen-bond acceptors (Lipinski definition) is 4. The van der Waals surface area contributed by atoms with Crippen molar-refractivity contribution in [2.24, 2.45) is 0 Å². The third kappa shape index (κ3) is 5.67. The molecular formula is C10H19NO5S. The summed E-state index contributed by atoms with van der Waals surface area (Å²) in [4.78, 5) is 21.8. The number of hydrogen-bond donors (Lipinski definition) is 2. The molecule has 0 aromatic carbocycles. The molecule has 1 amide bonds. The van der Waals surface area contributed by atoms with Crippen LogP contribution in [0.3, 0.4) is 0 Å². The van der Waals surface area contributed by atoms with Crippen LogP contribution in [0, 0.1) is 0 Å². The number of nitrogens with one attached hydrogen (secondary N) is 1. The summed E-state index contributed by atoms with van der Waals surface area (Å²) in [6, 6.07) is -0.588. The van der Waals surface area contributed by atoms with Gasteiger partial charge in [-0.2, -0.15) is 0 Å². The lowest BCUT2D eigenvalue weighted by molar-refractivity contribution is -0.137. The van der Waals surface area contributed by atoms with Crippen LogP contribution in [0.4, 0.5) is 0 Å². The Balaban J connectivity index is 4.44. The van der Waals surface area contributed by atoms with Gasteiger partial charge in [-0.15, -0.1) is 0 Å². The van der Waals surface area contributed by atoms with Crippen LogP contribution in [-0.4, -0.2) is 41.9 Å². The normalized spacial score (nSPS) is 14.1. The lowest BCUT2D eigenvalue weighted by Crippen LogP contribution is -2.42. The number of carbonyl (C=O) groups is 2. The Morgan fingerprint density at radius 1 is 1.29 bits per heavy atom. The number of carboxylic acid groups (broad SMARTS) is 1. The predicted molar refractivity (Wildman–Crippen MR) is 63.4 cm³/mol. The molecule has 0 saturated carbocycles. The molecule has 2 N–H and O–H groups in total. The first-order valence-electron chi connectivity index (χ1n) is 5.19. The average Bonchev–Trinajstić information content (AvgIpc) is 1.96. The van der Waals surface area contributed by atoms with E-state index in [4.69, 9.17) is 5.11 Å². The highest BCUT2D eigenvalue weighted by Crippen LogP contribution is 2.15. The minimum absolute atomic E-state index is 0.235. The Bertz CT molecular complexity index is 393. The second-order valence-corrected chi connectivity index (χ2v) is 7.68. The van der Waals surface area contributed by atoms with Gasteiger partial charge in [0.15, 0.2) is 9.84 Å². The maximum Gasteiger partial charge on any atom is 0.305 e. The Labute approximate surface area is 101 Å². The smallest absolute Gasteiger partial charge is 0.305 e. The molecule has 0 aromatic rings. The van der Waals surface area contributed by atoms with Crippen molar-refractivity contribution in [1.29, 1.82) is 0 Å². The largest absolute Gasteiger partial charge is 0.481 e. The number of carboxylic acids is 1. The maximum absolute atomic E-state index is 11.7. The van der Waals surface area contributed by atoms with Crippen LogP contribution in [0.1, 0.15) is 34.1 Å². The van der Waals surface area contributed by atoms with Crippen LogP contribution in [0.5, 0.6) is 0 Å². The zero-order chi connectivity index (χ0) is 13.9. The number of aliphatic carboxylic acids is 1. The van der Waals surface area contributed by atoms with E-state index in [-0.39, 0.29) is 6.42 Å². The van der Waals surface area contributed by atoms with Gasteiger partial charge in [-0.25, -0.2) is 8.42 Å². The van der Waals surface area contributed by atoms with Crippen LogP contribution in [0.2, 0.25) is 0 Å². The highest BCUT2D eigenvalue weighted by atomic mass is 32.2. The van der Waals surface area contributed by atoms with Crippen molar-refractivity contribution < 1.29 is 23.1 Å². The first-order valence-corrected chi connectivity index (χ1v) is 6.84. The van der Waals surface area contributed by atoms with E-state index in [1.807, 2.05) is 0 Å². The molecule has 7 heteroatoms. The van der Waals surface area contributed by atoms with Gasteiger partial charge in [-0.05, 0) is 27.7 Å². The van der Waals surface area contributed by atoms with Crippen LogP contribution in [0.15, 0.2) is 0 Å². The summed E-state index contributed by atoms with van der Waals surface area (Å²) in [6.45, 7) is 6.04. The molecule has 0 fully saturated rings. The van der Waals surface area contributed by atoms with Crippen molar-refractivity contribution in [3.05, 3.63) is 0 Å². The Hall–Kier alpha value is -1.11. The van der Waals surface area contributed by atoms with E-state index in [0.717, 1.165) is 0 Å².